The van der Waals surface area contributed by atoms with Crippen molar-refractivity contribution in [2.75, 3.05) is 79.3 Å². The van der Waals surface area contributed by atoms with Crippen LogP contribution < -0.4 is 56.8 Å². The Hall–Kier alpha value is -11.0. The highest BCUT2D eigenvalue weighted by Gasteiger charge is 2.39. The van der Waals surface area contributed by atoms with Gasteiger partial charge < -0.3 is 66.8 Å². The van der Waals surface area contributed by atoms with Crippen LogP contribution >= 0.6 is 92.8 Å². The second kappa shape index (κ2) is 37.9. The summed E-state index contributed by atoms with van der Waals surface area (Å²) in [6, 6.07) is 48.5. The zero-order chi connectivity index (χ0) is 87.8. The second-order valence-electron chi connectivity index (χ2n) is 31.4. The van der Waals surface area contributed by atoms with Crippen LogP contribution in [0.4, 0.5) is 0 Å². The number of hydrogen-bond donors (Lipinski definition) is 2. The average Bonchev–Trinajstić information content (AvgIpc) is 1.56. The lowest BCUT2D eigenvalue weighted by Gasteiger charge is -2.21. The van der Waals surface area contributed by atoms with Gasteiger partial charge in [0.2, 0.25) is 0 Å². The van der Waals surface area contributed by atoms with E-state index in [1.807, 2.05) is 97.1 Å². The fourth-order valence-electron chi connectivity index (χ4n) is 17.2. The van der Waals surface area contributed by atoms with Gasteiger partial charge in [-0.15, -0.1) is 0 Å². The topological polar surface area (TPSA) is 220 Å². The summed E-state index contributed by atoms with van der Waals surface area (Å²) in [6.45, 7) is 8.54. The Balaban J connectivity index is 0.939. The number of fused-ring (bicyclic) bond motifs is 22. The maximum atomic E-state index is 7.84. The van der Waals surface area contributed by atoms with Gasteiger partial charge in [-0.25, -0.2) is 29.9 Å². The van der Waals surface area contributed by atoms with E-state index in [2.05, 4.69) is 86.2 Å². The minimum absolute atomic E-state index is 0.00702. The van der Waals surface area contributed by atoms with Gasteiger partial charge in [-0.2, -0.15) is 0 Å². The summed E-state index contributed by atoms with van der Waals surface area (Å²) in [7, 11) is 0. The Morgan fingerprint density at radius 1 is 0.250 bits per heavy atom. The number of benzene rings is 12. The van der Waals surface area contributed by atoms with Crippen LogP contribution in [-0.4, -0.2) is 119 Å². The molecule has 15 aromatic rings. The molecule has 654 valence electrons. The number of H-pyrrole nitrogens is 2. The van der Waals surface area contributed by atoms with E-state index in [9.17, 15) is 0 Å². The third kappa shape index (κ3) is 16.1. The fraction of sp³-hybridized carbons (Fsp3) is 0.280. The standard InChI is InChI=1S/C100H86Cl8N8O12/c1-5-9-21-41-121-85-69-73-89(81(105)77(85)101)125-49-45-117-61-37-33-53-25-13-17-29-57(53)65(61)66-58-30-18-14-26-54(58)34-38-62(66)119-47-51-127-91-75-71(87(79(103)83(91)107)123-43-23-11-7-3)95-110-96-72-76-92(84(108)80(104)88(72)124-44-24-12-8-4)128-52-48-120-64-40-36-56-28-16-20-32-60(56)68(64)67-59-31-19-15-27-55(59)35-39-63(67)118-46-50-126-90-74-70(86(78(102)82(90)106)122-42-22-10-6-2)94(112-99(74)116-100(76)114-96)109-93(69)111-97(73)115-98(75)113-95/h13-20,25-40H,5-12,21-24,41-52H2,1-4H3,(H2,109,110,111,112,113,114,115,116). The Morgan fingerprint density at radius 3 is 0.805 bits per heavy atom. The molecule has 4 aliphatic heterocycles. The highest BCUT2D eigenvalue weighted by atomic mass is 35.5. The molecule has 4 aliphatic rings. The van der Waals surface area contributed by atoms with Crippen LogP contribution in [0.2, 0.25) is 40.2 Å². The molecule has 7 heterocycles. The van der Waals surface area contributed by atoms with E-state index in [4.69, 9.17) is 180 Å². The molecular weight excluding hydrogens is 1790 g/mol. The predicted octanol–water partition coefficient (Wildman–Crippen LogP) is 28.8. The van der Waals surface area contributed by atoms with E-state index in [1.165, 1.54) is 0 Å². The molecule has 12 aromatic carbocycles. The SMILES string of the molecule is CCCCCOc1c(Cl)c(Cl)c2c3c1-c1nc-3nc3[nH]c(nc4nc5nc6[nH]c(n1)c1c(OCCCCC)c(Cl)c(Cl)c(c61)OCCOc1ccc6ccccc6c1-c1c(ccc6ccccc16)OCCOc1c(Cl)c(Cl)c(OCCCCC)c-4c1-5)c1c(OCCCCC)c(Cl)c(Cl)c(c31)OCCOc1ccc3ccccc3c1-c1c(ccc3ccccc13)OCCO2. The molecular formula is C100H86Cl8N8O12. The number of aromatic nitrogens is 8. The largest absolute Gasteiger partial charge is 0.491 e. The van der Waals surface area contributed by atoms with E-state index >= 15 is 0 Å². The molecule has 3 aromatic heterocycles. The minimum atomic E-state index is -0.127. The highest BCUT2D eigenvalue weighted by molar-refractivity contribution is 6.48. The molecule has 0 saturated carbocycles. The lowest BCUT2D eigenvalue weighted by Crippen LogP contribution is -2.12. The van der Waals surface area contributed by atoms with E-state index < -0.39 is 0 Å². The number of nitrogens with one attached hydrogen (secondary N) is 2. The van der Waals surface area contributed by atoms with Gasteiger partial charge >= 0.3 is 0 Å². The van der Waals surface area contributed by atoms with Crippen LogP contribution in [0.15, 0.2) is 146 Å². The molecule has 0 radical (unpaired) electrons. The van der Waals surface area contributed by atoms with Gasteiger partial charge in [0, 0.05) is 22.3 Å². The molecule has 8 bridgehead atoms. The zero-order valence-electron chi connectivity index (χ0n) is 70.4. The lowest BCUT2D eigenvalue weighted by atomic mass is 9.92. The Labute approximate surface area is 777 Å². The van der Waals surface area contributed by atoms with E-state index in [1.54, 1.807) is 0 Å². The third-order valence-corrected chi connectivity index (χ3v) is 26.5. The van der Waals surface area contributed by atoms with Crippen molar-refractivity contribution in [3.63, 3.8) is 0 Å². The first-order chi connectivity index (χ1) is 62.7. The van der Waals surface area contributed by atoms with E-state index in [0.717, 1.165) is 117 Å². The van der Waals surface area contributed by atoms with Crippen molar-refractivity contribution in [1.29, 1.82) is 0 Å². The molecule has 28 heteroatoms. The molecule has 0 spiro atoms. The van der Waals surface area contributed by atoms with Crippen molar-refractivity contribution in [2.24, 2.45) is 0 Å². The molecule has 0 fully saturated rings. The quantitative estimate of drug-likeness (QED) is 0.0678. The normalized spacial score (nSPS) is 13.3. The number of hydrogen-bond acceptors (Lipinski definition) is 18. The number of halogens is 8. The third-order valence-electron chi connectivity index (χ3n) is 23.2. The first kappa shape index (κ1) is 86.3. The van der Waals surface area contributed by atoms with Gasteiger partial charge in [0.15, 0.2) is 69.3 Å². The molecule has 2 N–H and O–H groups in total. The fourth-order valence-corrected chi connectivity index (χ4v) is 19.1. The average molecular weight is 1880 g/mol. The Morgan fingerprint density at radius 2 is 0.500 bits per heavy atom. The summed E-state index contributed by atoms with van der Waals surface area (Å²) < 4.78 is 84.6. The van der Waals surface area contributed by atoms with Gasteiger partial charge in [0.25, 0.3) is 0 Å². The molecule has 20 nitrogen and oxygen atoms in total. The highest BCUT2D eigenvalue weighted by Crippen LogP contribution is 2.60. The summed E-state index contributed by atoms with van der Waals surface area (Å²) >= 11 is 62.6. The van der Waals surface area contributed by atoms with Crippen molar-refractivity contribution in [3.8, 4) is 137 Å². The Bertz CT molecular complexity index is 6680. The maximum absolute atomic E-state index is 7.84. The lowest BCUT2D eigenvalue weighted by molar-refractivity contribution is 0.217. The summed E-state index contributed by atoms with van der Waals surface area (Å²) in [5.41, 5.74) is 4.26. The van der Waals surface area contributed by atoms with E-state index in [-0.39, 0.29) is 255 Å². The van der Waals surface area contributed by atoms with Gasteiger partial charge in [-0.1, -0.05) is 293 Å². The number of ether oxygens (including phenoxy) is 12. The number of rotatable bonds is 20. The minimum Gasteiger partial charge on any atom is -0.491 e. The van der Waals surface area contributed by atoms with Crippen LogP contribution in [-0.2, 0) is 0 Å². The van der Waals surface area contributed by atoms with Crippen LogP contribution in [0, 0.1) is 0 Å². The van der Waals surface area contributed by atoms with Crippen LogP contribution in [0.1, 0.15) is 105 Å². The van der Waals surface area contributed by atoms with Crippen molar-refractivity contribution < 1.29 is 56.8 Å². The molecule has 0 aliphatic carbocycles. The maximum Gasteiger partial charge on any atom is 0.168 e. The molecule has 0 saturated heterocycles. The zero-order valence-corrected chi connectivity index (χ0v) is 76.5. The second-order valence-corrected chi connectivity index (χ2v) is 34.4. The van der Waals surface area contributed by atoms with Crippen molar-refractivity contribution in [1.82, 2.24) is 39.9 Å². The molecule has 0 atom stereocenters. The van der Waals surface area contributed by atoms with Crippen LogP contribution in [0.5, 0.6) is 69.0 Å². The summed E-state index contributed by atoms with van der Waals surface area (Å²) in [4.78, 5) is 41.0. The molecule has 128 heavy (non-hydrogen) atoms. The first-order valence-corrected chi connectivity index (χ1v) is 46.4. The molecule has 0 amide bonds. The Kier molecular flexibility index (Phi) is 25.6. The predicted molar refractivity (Wildman–Crippen MR) is 514 cm³/mol. The smallest absolute Gasteiger partial charge is 0.168 e. The van der Waals surface area contributed by atoms with Gasteiger partial charge in [-0.05, 0) is 93.0 Å². The van der Waals surface area contributed by atoms with Crippen molar-refractivity contribution in [3.05, 3.63) is 186 Å². The molecule has 19 rings (SSSR count). The van der Waals surface area contributed by atoms with Gasteiger partial charge in [0.05, 0.1) is 70.2 Å². The van der Waals surface area contributed by atoms with Gasteiger partial charge in [-0.3, -0.25) is 0 Å². The van der Waals surface area contributed by atoms with Crippen LogP contribution in [0.3, 0.4) is 0 Å². The van der Waals surface area contributed by atoms with Crippen molar-refractivity contribution >= 4 is 180 Å². The number of unbranched alkanes of at least 4 members (excludes halogenated alkanes) is 8. The van der Waals surface area contributed by atoms with Gasteiger partial charge in [0.1, 0.15) is 139 Å². The monoisotopic (exact) mass is 1870 g/mol. The first-order valence-electron chi connectivity index (χ1n) is 43.4. The summed E-state index contributed by atoms with van der Waals surface area (Å²) in [5, 5.41) is 8.31. The molecule has 0 unspecified atom stereocenters. The number of aromatic amines is 2. The summed E-state index contributed by atoms with van der Waals surface area (Å²) in [5.74, 6) is 2.80. The van der Waals surface area contributed by atoms with Crippen molar-refractivity contribution in [2.45, 2.75) is 105 Å². The summed E-state index contributed by atoms with van der Waals surface area (Å²) in [6.07, 6.45) is 9.27. The number of nitrogens with zero attached hydrogens (tertiary/aromatic N) is 6. The van der Waals surface area contributed by atoms with E-state index in [0.29, 0.717) is 48.7 Å². The van der Waals surface area contributed by atoms with Crippen LogP contribution in [0.25, 0.3) is 155 Å².